The molecule has 0 bridgehead atoms. The largest absolute Gasteiger partial charge is 0.497 e. The smallest absolute Gasteiger partial charge is 0.321 e. The van der Waals surface area contributed by atoms with Crippen LogP contribution in [0, 0.1) is 0 Å². The zero-order valence-corrected chi connectivity index (χ0v) is 16.3. The number of nitrogens with one attached hydrogen (secondary N) is 2. The van der Waals surface area contributed by atoms with Crippen molar-refractivity contribution in [2.45, 2.75) is 31.5 Å². The first kappa shape index (κ1) is 19.8. The van der Waals surface area contributed by atoms with Gasteiger partial charge in [-0.15, -0.1) is 10.2 Å². The van der Waals surface area contributed by atoms with E-state index < -0.39 is 17.5 Å². The van der Waals surface area contributed by atoms with Crippen molar-refractivity contribution >= 4 is 23.7 Å². The van der Waals surface area contributed by atoms with E-state index >= 15 is 0 Å². The number of aromatic nitrogens is 3. The first-order valence-corrected chi connectivity index (χ1v) is 8.97. The van der Waals surface area contributed by atoms with Gasteiger partial charge in [-0.3, -0.25) is 10.1 Å². The summed E-state index contributed by atoms with van der Waals surface area (Å²) < 4.78 is 6.94. The van der Waals surface area contributed by atoms with Crippen molar-refractivity contribution in [3.63, 3.8) is 0 Å². The molecule has 2 N–H and O–H groups in total. The minimum atomic E-state index is -0.514. The van der Waals surface area contributed by atoms with Gasteiger partial charge in [-0.25, -0.2) is 4.79 Å². The SMILES string of the molecule is COc1ccc(-c2nnc(SCC(=O)NC(=O)NC(C)(C)C)n2C)cc1. The number of imide groups is 1. The highest BCUT2D eigenvalue weighted by atomic mass is 32.2. The van der Waals surface area contributed by atoms with Gasteiger partial charge in [0.1, 0.15) is 5.75 Å². The number of methoxy groups -OCH3 is 1. The van der Waals surface area contributed by atoms with E-state index in [4.69, 9.17) is 4.74 Å². The lowest BCUT2D eigenvalue weighted by Gasteiger charge is -2.20. The van der Waals surface area contributed by atoms with Gasteiger partial charge >= 0.3 is 6.03 Å². The van der Waals surface area contributed by atoms with Crippen LogP contribution >= 0.6 is 11.8 Å². The highest BCUT2D eigenvalue weighted by Crippen LogP contribution is 2.24. The van der Waals surface area contributed by atoms with E-state index in [1.54, 1.807) is 11.7 Å². The van der Waals surface area contributed by atoms with Gasteiger partial charge < -0.3 is 14.6 Å². The van der Waals surface area contributed by atoms with Gasteiger partial charge in [0.15, 0.2) is 11.0 Å². The number of carbonyl (C=O) groups excluding carboxylic acids is 2. The molecule has 0 radical (unpaired) electrons. The fraction of sp³-hybridized carbons (Fsp3) is 0.412. The fourth-order valence-electron chi connectivity index (χ4n) is 2.10. The maximum Gasteiger partial charge on any atom is 0.321 e. The summed E-state index contributed by atoms with van der Waals surface area (Å²) in [6.07, 6.45) is 0. The summed E-state index contributed by atoms with van der Waals surface area (Å²) in [6.45, 7) is 5.52. The van der Waals surface area contributed by atoms with Crippen molar-refractivity contribution in [1.82, 2.24) is 25.4 Å². The Labute approximate surface area is 156 Å². The molecule has 0 aliphatic carbocycles. The lowest BCUT2D eigenvalue weighted by molar-refractivity contribution is -0.117. The molecule has 9 heteroatoms. The number of rotatable bonds is 5. The van der Waals surface area contributed by atoms with Gasteiger partial charge in [0.25, 0.3) is 0 Å². The molecule has 8 nitrogen and oxygen atoms in total. The average molecular weight is 377 g/mol. The minimum absolute atomic E-state index is 0.0617. The quantitative estimate of drug-likeness (QED) is 0.775. The second-order valence-corrected chi connectivity index (χ2v) is 7.58. The second kappa shape index (κ2) is 8.22. The van der Waals surface area contributed by atoms with Crippen LogP contribution in [0.4, 0.5) is 4.79 Å². The monoisotopic (exact) mass is 377 g/mol. The number of urea groups is 1. The summed E-state index contributed by atoms with van der Waals surface area (Å²) in [6, 6.07) is 6.96. The number of thioether (sulfide) groups is 1. The number of nitrogens with zero attached hydrogens (tertiary/aromatic N) is 3. The molecule has 0 aliphatic heterocycles. The standard InChI is InChI=1S/C17H23N5O3S/c1-17(2,3)19-15(24)18-13(23)10-26-16-21-20-14(22(16)4)11-6-8-12(25-5)9-7-11/h6-9H,10H2,1-5H3,(H2,18,19,23,24). The molecule has 26 heavy (non-hydrogen) atoms. The molecule has 1 heterocycles. The van der Waals surface area contributed by atoms with Crippen LogP contribution in [0.2, 0.25) is 0 Å². The molecule has 0 spiro atoms. The Balaban J connectivity index is 1.95. The van der Waals surface area contributed by atoms with Gasteiger partial charge in [0.2, 0.25) is 5.91 Å². The number of hydrogen-bond acceptors (Lipinski definition) is 6. The van der Waals surface area contributed by atoms with E-state index in [2.05, 4.69) is 20.8 Å². The zero-order valence-electron chi connectivity index (χ0n) is 15.5. The fourth-order valence-corrected chi connectivity index (χ4v) is 2.81. The molecule has 0 saturated heterocycles. The van der Waals surface area contributed by atoms with Gasteiger partial charge in [-0.2, -0.15) is 0 Å². The van der Waals surface area contributed by atoms with Crippen molar-refractivity contribution < 1.29 is 14.3 Å². The van der Waals surface area contributed by atoms with Crippen LogP contribution in [0.5, 0.6) is 5.75 Å². The number of carbonyl (C=O) groups is 2. The Hall–Kier alpha value is -2.55. The first-order chi connectivity index (χ1) is 12.2. The number of hydrogen-bond donors (Lipinski definition) is 2. The van der Waals surface area contributed by atoms with Crippen LogP contribution in [-0.2, 0) is 11.8 Å². The van der Waals surface area contributed by atoms with Crippen LogP contribution in [0.15, 0.2) is 29.4 Å². The predicted molar refractivity (Wildman–Crippen MR) is 100 cm³/mol. The number of ether oxygens (including phenoxy) is 1. The van der Waals surface area contributed by atoms with Crippen molar-refractivity contribution in [3.05, 3.63) is 24.3 Å². The molecular weight excluding hydrogens is 354 g/mol. The normalized spacial score (nSPS) is 11.1. The molecule has 0 fully saturated rings. The molecule has 1 aromatic heterocycles. The molecule has 0 atom stereocenters. The van der Waals surface area contributed by atoms with Crippen molar-refractivity contribution in [2.75, 3.05) is 12.9 Å². The summed E-state index contributed by atoms with van der Waals surface area (Å²) in [5.41, 5.74) is 0.482. The van der Waals surface area contributed by atoms with E-state index in [9.17, 15) is 9.59 Å². The Morgan fingerprint density at radius 3 is 2.42 bits per heavy atom. The maximum absolute atomic E-state index is 11.9. The average Bonchev–Trinajstić information content (AvgIpc) is 2.92. The third kappa shape index (κ3) is 5.48. The summed E-state index contributed by atoms with van der Waals surface area (Å²) in [5.74, 6) is 1.11. The van der Waals surface area contributed by atoms with Crippen LogP contribution in [0.25, 0.3) is 11.4 Å². The predicted octanol–water partition coefficient (Wildman–Crippen LogP) is 2.21. The molecule has 0 unspecified atom stereocenters. The molecule has 0 saturated carbocycles. The van der Waals surface area contributed by atoms with E-state index in [0.29, 0.717) is 11.0 Å². The van der Waals surface area contributed by atoms with Gasteiger partial charge in [-0.05, 0) is 45.0 Å². The van der Waals surface area contributed by atoms with Gasteiger partial charge in [0, 0.05) is 18.2 Å². The third-order valence-electron chi connectivity index (χ3n) is 3.26. The topological polar surface area (TPSA) is 98.1 Å². The molecule has 2 rings (SSSR count). The van der Waals surface area contributed by atoms with E-state index in [0.717, 1.165) is 11.3 Å². The van der Waals surface area contributed by atoms with E-state index in [-0.39, 0.29) is 5.75 Å². The van der Waals surface area contributed by atoms with Crippen LogP contribution in [0.1, 0.15) is 20.8 Å². The van der Waals surface area contributed by atoms with Crippen LogP contribution < -0.4 is 15.4 Å². The molecule has 0 aliphatic rings. The lowest BCUT2D eigenvalue weighted by Crippen LogP contribution is -2.48. The second-order valence-electron chi connectivity index (χ2n) is 6.63. The van der Waals surface area contributed by atoms with Crippen molar-refractivity contribution in [2.24, 2.45) is 7.05 Å². The maximum atomic E-state index is 11.9. The summed E-state index contributed by atoms with van der Waals surface area (Å²) in [7, 11) is 3.44. The van der Waals surface area contributed by atoms with Crippen molar-refractivity contribution in [3.8, 4) is 17.1 Å². The summed E-state index contributed by atoms with van der Waals surface area (Å²) in [4.78, 5) is 23.6. The highest BCUT2D eigenvalue weighted by Gasteiger charge is 2.17. The Bertz CT molecular complexity index is 781. The minimum Gasteiger partial charge on any atom is -0.497 e. The molecule has 3 amide bonds. The summed E-state index contributed by atoms with van der Waals surface area (Å²) >= 11 is 1.21. The Kier molecular flexibility index (Phi) is 6.25. The van der Waals surface area contributed by atoms with Gasteiger partial charge in [-0.1, -0.05) is 11.8 Å². The molecule has 1 aromatic carbocycles. The highest BCUT2D eigenvalue weighted by molar-refractivity contribution is 7.99. The Morgan fingerprint density at radius 1 is 1.19 bits per heavy atom. The van der Waals surface area contributed by atoms with Crippen molar-refractivity contribution in [1.29, 1.82) is 0 Å². The first-order valence-electron chi connectivity index (χ1n) is 7.98. The number of benzene rings is 1. The van der Waals surface area contributed by atoms with E-state index in [1.165, 1.54) is 11.8 Å². The summed E-state index contributed by atoms with van der Waals surface area (Å²) in [5, 5.41) is 13.8. The molecular formula is C17H23N5O3S. The third-order valence-corrected chi connectivity index (χ3v) is 4.28. The van der Waals surface area contributed by atoms with Gasteiger partial charge in [0.05, 0.1) is 12.9 Å². The molecule has 2 aromatic rings. The molecule has 140 valence electrons. The zero-order chi connectivity index (χ0) is 19.3. The lowest BCUT2D eigenvalue weighted by atomic mass is 10.1. The number of amides is 3. The van der Waals surface area contributed by atoms with Crippen LogP contribution in [0.3, 0.4) is 0 Å². The van der Waals surface area contributed by atoms with E-state index in [1.807, 2.05) is 52.1 Å². The Morgan fingerprint density at radius 2 is 1.85 bits per heavy atom. The van der Waals surface area contributed by atoms with Crippen LogP contribution in [-0.4, -0.2) is 45.1 Å².